The van der Waals surface area contributed by atoms with Crippen molar-refractivity contribution in [3.8, 4) is 0 Å². The lowest BCUT2D eigenvalue weighted by molar-refractivity contribution is 0.0401. The quantitative estimate of drug-likeness (QED) is 0.532. The molecule has 1 unspecified atom stereocenters. The number of hydrogen-bond acceptors (Lipinski definition) is 2. The molecule has 0 saturated heterocycles. The van der Waals surface area contributed by atoms with Crippen LogP contribution >= 0.6 is 0 Å². The standard InChI is InChI=1S/C5H12O2.H2/c1-5(7-3)4-6-2;/h5H,4H2,1-3H3;1H. The van der Waals surface area contributed by atoms with Crippen LogP contribution in [-0.4, -0.2) is 26.9 Å². The second-order valence-corrected chi connectivity index (χ2v) is 1.50. The van der Waals surface area contributed by atoms with Gasteiger partial charge in [0.1, 0.15) is 0 Å². The van der Waals surface area contributed by atoms with Gasteiger partial charge in [0.15, 0.2) is 0 Å². The lowest BCUT2D eigenvalue weighted by Crippen LogP contribution is -2.11. The summed E-state index contributed by atoms with van der Waals surface area (Å²) in [5.74, 6) is 0. The Labute approximate surface area is 45.9 Å². The summed E-state index contributed by atoms with van der Waals surface area (Å²) in [5, 5.41) is 0. The summed E-state index contributed by atoms with van der Waals surface area (Å²) in [7, 11) is 3.33. The molecule has 2 heteroatoms. The Hall–Kier alpha value is -0.0800. The summed E-state index contributed by atoms with van der Waals surface area (Å²) in [5.41, 5.74) is 0. The minimum Gasteiger partial charge on any atom is -0.382 e. The van der Waals surface area contributed by atoms with Crippen molar-refractivity contribution in [3.05, 3.63) is 0 Å². The van der Waals surface area contributed by atoms with Crippen LogP contribution in [0.5, 0.6) is 0 Å². The van der Waals surface area contributed by atoms with Crippen LogP contribution in [0.2, 0.25) is 0 Å². The zero-order chi connectivity index (χ0) is 5.70. The van der Waals surface area contributed by atoms with Crippen molar-refractivity contribution in [2.45, 2.75) is 13.0 Å². The average Bonchev–Trinajstić information content (AvgIpc) is 1.68. The minimum atomic E-state index is 0. The average molecular weight is 106 g/mol. The predicted octanol–water partition coefficient (Wildman–Crippen LogP) is 0.914. The summed E-state index contributed by atoms with van der Waals surface area (Å²) >= 11 is 0. The van der Waals surface area contributed by atoms with Crippen molar-refractivity contribution in [2.75, 3.05) is 20.8 Å². The van der Waals surface area contributed by atoms with Crippen molar-refractivity contribution in [1.29, 1.82) is 0 Å². The largest absolute Gasteiger partial charge is 0.382 e. The lowest BCUT2D eigenvalue weighted by atomic mass is 10.4. The van der Waals surface area contributed by atoms with E-state index in [4.69, 9.17) is 9.47 Å². The van der Waals surface area contributed by atoms with Gasteiger partial charge in [-0.2, -0.15) is 0 Å². The number of rotatable bonds is 3. The molecule has 0 radical (unpaired) electrons. The summed E-state index contributed by atoms with van der Waals surface area (Å²) in [6, 6.07) is 0. The van der Waals surface area contributed by atoms with Gasteiger partial charge in [-0.1, -0.05) is 0 Å². The smallest absolute Gasteiger partial charge is 0.0776 e. The molecule has 0 fully saturated rings. The highest BCUT2D eigenvalue weighted by molar-refractivity contribution is 4.41. The summed E-state index contributed by atoms with van der Waals surface area (Å²) < 4.78 is 9.64. The molecule has 0 saturated carbocycles. The molecule has 0 aliphatic rings. The molecule has 0 bridgehead atoms. The third kappa shape index (κ3) is 3.76. The van der Waals surface area contributed by atoms with Gasteiger partial charge in [0.2, 0.25) is 0 Å². The first-order valence-corrected chi connectivity index (χ1v) is 2.33. The second-order valence-electron chi connectivity index (χ2n) is 1.50. The van der Waals surface area contributed by atoms with Gasteiger partial charge in [0.25, 0.3) is 0 Å². The number of methoxy groups -OCH3 is 2. The predicted molar refractivity (Wildman–Crippen MR) is 30.5 cm³/mol. The monoisotopic (exact) mass is 106 g/mol. The molecule has 0 aliphatic carbocycles. The minimum absolute atomic E-state index is 0. The molecular weight excluding hydrogens is 92.1 g/mol. The third-order valence-electron chi connectivity index (χ3n) is 0.804. The Kier molecular flexibility index (Phi) is 4.04. The van der Waals surface area contributed by atoms with Gasteiger partial charge < -0.3 is 9.47 Å². The van der Waals surface area contributed by atoms with Gasteiger partial charge in [-0.05, 0) is 6.92 Å². The van der Waals surface area contributed by atoms with Crippen LogP contribution in [0, 0.1) is 0 Å². The first-order chi connectivity index (χ1) is 3.31. The van der Waals surface area contributed by atoms with E-state index in [1.165, 1.54) is 0 Å². The lowest BCUT2D eigenvalue weighted by Gasteiger charge is -2.05. The van der Waals surface area contributed by atoms with Gasteiger partial charge in [-0.3, -0.25) is 0 Å². The molecule has 0 aromatic carbocycles. The van der Waals surface area contributed by atoms with E-state index in [9.17, 15) is 0 Å². The van der Waals surface area contributed by atoms with Crippen LogP contribution in [0.25, 0.3) is 0 Å². The van der Waals surface area contributed by atoms with Gasteiger partial charge in [0.05, 0.1) is 12.7 Å². The van der Waals surface area contributed by atoms with E-state index < -0.39 is 0 Å². The van der Waals surface area contributed by atoms with Gasteiger partial charge in [0, 0.05) is 15.6 Å². The zero-order valence-electron chi connectivity index (χ0n) is 5.10. The van der Waals surface area contributed by atoms with E-state index in [2.05, 4.69) is 0 Å². The molecule has 0 N–H and O–H groups in total. The van der Waals surface area contributed by atoms with E-state index in [-0.39, 0.29) is 7.53 Å². The van der Waals surface area contributed by atoms with Crippen molar-refractivity contribution >= 4 is 0 Å². The van der Waals surface area contributed by atoms with E-state index in [1.54, 1.807) is 14.2 Å². The first kappa shape index (κ1) is 6.92. The highest BCUT2D eigenvalue weighted by Gasteiger charge is 1.93. The molecule has 2 nitrogen and oxygen atoms in total. The summed E-state index contributed by atoms with van der Waals surface area (Å²) in [6.45, 7) is 2.64. The molecule has 0 rings (SSSR count). The Morgan fingerprint density at radius 2 is 2.14 bits per heavy atom. The van der Waals surface area contributed by atoms with Crippen molar-refractivity contribution in [3.63, 3.8) is 0 Å². The van der Waals surface area contributed by atoms with Crippen LogP contribution in [0.4, 0.5) is 0 Å². The van der Waals surface area contributed by atoms with Crippen LogP contribution in [0.15, 0.2) is 0 Å². The number of ether oxygens (including phenoxy) is 2. The Balaban J connectivity index is 0. The molecule has 0 aromatic heterocycles. The number of hydrogen-bond donors (Lipinski definition) is 0. The molecule has 0 aliphatic heterocycles. The first-order valence-electron chi connectivity index (χ1n) is 2.33. The van der Waals surface area contributed by atoms with E-state index in [0.717, 1.165) is 0 Å². The Morgan fingerprint density at radius 1 is 1.57 bits per heavy atom. The highest BCUT2D eigenvalue weighted by Crippen LogP contribution is 1.84. The molecule has 7 heavy (non-hydrogen) atoms. The molecule has 46 valence electrons. The van der Waals surface area contributed by atoms with Crippen molar-refractivity contribution in [1.82, 2.24) is 0 Å². The summed E-state index contributed by atoms with van der Waals surface area (Å²) in [6.07, 6.45) is 0.227. The van der Waals surface area contributed by atoms with Crippen molar-refractivity contribution in [2.24, 2.45) is 0 Å². The normalized spacial score (nSPS) is 14.1. The second kappa shape index (κ2) is 4.09. The topological polar surface area (TPSA) is 18.5 Å². The van der Waals surface area contributed by atoms with Crippen LogP contribution < -0.4 is 0 Å². The van der Waals surface area contributed by atoms with Gasteiger partial charge in [-0.15, -0.1) is 0 Å². The molecule has 0 spiro atoms. The van der Waals surface area contributed by atoms with E-state index in [1.807, 2.05) is 6.92 Å². The Bertz CT molecular complexity index is 41.4. The van der Waals surface area contributed by atoms with E-state index >= 15 is 0 Å². The maximum Gasteiger partial charge on any atom is 0.0776 e. The molecule has 0 aromatic rings. The Morgan fingerprint density at radius 3 is 2.29 bits per heavy atom. The third-order valence-corrected chi connectivity index (χ3v) is 0.804. The fourth-order valence-electron chi connectivity index (χ4n) is 0.303. The maximum atomic E-state index is 4.87. The SMILES string of the molecule is COCC(C)OC.[HH]. The maximum absolute atomic E-state index is 4.87. The zero-order valence-corrected chi connectivity index (χ0v) is 5.10. The van der Waals surface area contributed by atoms with Gasteiger partial charge in [-0.25, -0.2) is 0 Å². The van der Waals surface area contributed by atoms with Gasteiger partial charge >= 0.3 is 0 Å². The van der Waals surface area contributed by atoms with E-state index in [0.29, 0.717) is 6.61 Å². The molecule has 0 amide bonds. The fourth-order valence-corrected chi connectivity index (χ4v) is 0.303. The molecular formula is C5H14O2. The molecule has 0 heterocycles. The highest BCUT2D eigenvalue weighted by atomic mass is 16.5. The van der Waals surface area contributed by atoms with Crippen LogP contribution in [-0.2, 0) is 9.47 Å². The van der Waals surface area contributed by atoms with Crippen LogP contribution in [0.3, 0.4) is 0 Å². The van der Waals surface area contributed by atoms with Crippen molar-refractivity contribution < 1.29 is 10.9 Å². The fraction of sp³-hybridized carbons (Fsp3) is 1.00. The van der Waals surface area contributed by atoms with Crippen LogP contribution in [0.1, 0.15) is 8.35 Å². The molecule has 1 atom stereocenters. The summed E-state index contributed by atoms with van der Waals surface area (Å²) in [4.78, 5) is 0.